The summed E-state index contributed by atoms with van der Waals surface area (Å²) in [5.74, 6) is -0.871. The second kappa shape index (κ2) is 48.6. The Hall–Kier alpha value is -2.11. The first-order valence-corrected chi connectivity index (χ1v) is 25.8. The number of hydrogen-bond acceptors (Lipinski definition) is 6. The summed E-state index contributed by atoms with van der Waals surface area (Å²) in [6.07, 6.45) is 54.4. The number of rotatable bonds is 47. The van der Waals surface area contributed by atoms with Gasteiger partial charge < -0.3 is 14.2 Å². The Morgan fingerprint density at radius 2 is 0.610 bits per heavy atom. The van der Waals surface area contributed by atoms with E-state index in [9.17, 15) is 14.4 Å². The lowest BCUT2D eigenvalue weighted by Crippen LogP contribution is -2.30. The van der Waals surface area contributed by atoms with Gasteiger partial charge in [-0.15, -0.1) is 0 Å². The molecule has 0 aliphatic carbocycles. The molecule has 0 aromatic rings. The van der Waals surface area contributed by atoms with E-state index in [0.29, 0.717) is 19.3 Å². The third-order valence-electron chi connectivity index (χ3n) is 11.5. The quantitative estimate of drug-likeness (QED) is 0.0263. The van der Waals surface area contributed by atoms with Gasteiger partial charge in [0.25, 0.3) is 0 Å². The molecule has 0 radical (unpaired) electrons. The van der Waals surface area contributed by atoms with E-state index in [1.54, 1.807) is 0 Å². The molecule has 0 amide bonds. The van der Waals surface area contributed by atoms with Gasteiger partial charge in [-0.25, -0.2) is 0 Å². The highest BCUT2D eigenvalue weighted by molar-refractivity contribution is 5.71. The molecule has 59 heavy (non-hydrogen) atoms. The number of carbonyl (C=O) groups excluding carboxylic acids is 3. The molecule has 1 atom stereocenters. The maximum Gasteiger partial charge on any atom is 0.306 e. The highest BCUT2D eigenvalue weighted by atomic mass is 16.6. The summed E-state index contributed by atoms with van der Waals surface area (Å²) in [5.41, 5.74) is 0. The van der Waals surface area contributed by atoms with Crippen LogP contribution in [0.3, 0.4) is 0 Å². The zero-order valence-corrected chi connectivity index (χ0v) is 39.5. The molecule has 346 valence electrons. The maximum atomic E-state index is 12.8. The second-order valence-corrected chi connectivity index (χ2v) is 17.4. The van der Waals surface area contributed by atoms with Crippen LogP contribution in [0.1, 0.15) is 278 Å². The van der Waals surface area contributed by atoms with Crippen LogP contribution < -0.4 is 0 Å². The Morgan fingerprint density at radius 1 is 0.339 bits per heavy atom. The molecule has 0 aliphatic rings. The molecule has 0 unspecified atom stereocenters. The van der Waals surface area contributed by atoms with E-state index in [4.69, 9.17) is 14.2 Å². The zero-order valence-electron chi connectivity index (χ0n) is 39.5. The minimum atomic E-state index is -0.770. The Kier molecular flexibility index (Phi) is 46.8. The summed E-state index contributed by atoms with van der Waals surface area (Å²) >= 11 is 0. The number of unbranched alkanes of at least 4 members (excludes halogenated alkanes) is 32. The molecular formula is C53H98O6. The maximum absolute atomic E-state index is 12.8. The lowest BCUT2D eigenvalue weighted by atomic mass is 10.0. The zero-order chi connectivity index (χ0) is 43.0. The van der Waals surface area contributed by atoms with Crippen molar-refractivity contribution in [2.45, 2.75) is 284 Å². The van der Waals surface area contributed by atoms with Crippen molar-refractivity contribution in [2.75, 3.05) is 13.2 Å². The fraction of sp³-hybridized carbons (Fsp3) is 0.868. The summed E-state index contributed by atoms with van der Waals surface area (Å²) in [4.78, 5) is 37.9. The van der Waals surface area contributed by atoms with Crippen molar-refractivity contribution in [3.05, 3.63) is 24.3 Å². The predicted molar refractivity (Wildman–Crippen MR) is 252 cm³/mol. The lowest BCUT2D eigenvalue weighted by molar-refractivity contribution is -0.167. The van der Waals surface area contributed by atoms with Crippen molar-refractivity contribution in [2.24, 2.45) is 0 Å². The smallest absolute Gasteiger partial charge is 0.306 e. The Morgan fingerprint density at radius 3 is 0.966 bits per heavy atom. The average molecular weight is 831 g/mol. The minimum absolute atomic E-state index is 0.0709. The molecular weight excluding hydrogens is 733 g/mol. The van der Waals surface area contributed by atoms with E-state index < -0.39 is 6.10 Å². The van der Waals surface area contributed by atoms with Crippen LogP contribution in [0.4, 0.5) is 0 Å². The number of hydrogen-bond donors (Lipinski definition) is 0. The number of esters is 3. The van der Waals surface area contributed by atoms with Crippen LogP contribution >= 0.6 is 0 Å². The summed E-state index contributed by atoms with van der Waals surface area (Å²) in [7, 11) is 0. The van der Waals surface area contributed by atoms with E-state index in [1.165, 1.54) is 161 Å². The van der Waals surface area contributed by atoms with Gasteiger partial charge in [0.05, 0.1) is 0 Å². The van der Waals surface area contributed by atoms with E-state index in [1.807, 2.05) is 0 Å². The molecule has 0 aromatic carbocycles. The van der Waals surface area contributed by atoms with Gasteiger partial charge in [0.15, 0.2) is 6.10 Å². The van der Waals surface area contributed by atoms with Gasteiger partial charge >= 0.3 is 17.9 Å². The minimum Gasteiger partial charge on any atom is -0.462 e. The van der Waals surface area contributed by atoms with Crippen molar-refractivity contribution in [1.29, 1.82) is 0 Å². The normalized spacial score (nSPS) is 12.1. The fourth-order valence-corrected chi connectivity index (χ4v) is 7.53. The lowest BCUT2D eigenvalue weighted by Gasteiger charge is -2.18. The summed E-state index contributed by atoms with van der Waals surface area (Å²) in [6, 6.07) is 0. The van der Waals surface area contributed by atoms with Crippen molar-refractivity contribution in [3.63, 3.8) is 0 Å². The molecule has 0 saturated heterocycles. The average Bonchev–Trinajstić information content (AvgIpc) is 3.23. The molecule has 0 aromatic heterocycles. The van der Waals surface area contributed by atoms with Gasteiger partial charge in [-0.2, -0.15) is 0 Å². The molecule has 6 heteroatoms. The van der Waals surface area contributed by atoms with Crippen molar-refractivity contribution >= 4 is 17.9 Å². The van der Waals surface area contributed by atoms with E-state index >= 15 is 0 Å². The molecule has 6 nitrogen and oxygen atoms in total. The van der Waals surface area contributed by atoms with Crippen LogP contribution in [-0.4, -0.2) is 37.2 Å². The third-order valence-corrected chi connectivity index (χ3v) is 11.5. The van der Waals surface area contributed by atoms with Gasteiger partial charge in [-0.3, -0.25) is 14.4 Å². The summed E-state index contributed by atoms with van der Waals surface area (Å²) < 4.78 is 16.8. The van der Waals surface area contributed by atoms with Crippen molar-refractivity contribution < 1.29 is 28.6 Å². The predicted octanol–water partition coefficient (Wildman–Crippen LogP) is 16.8. The summed E-state index contributed by atoms with van der Waals surface area (Å²) in [5, 5.41) is 0. The Bertz CT molecular complexity index is 958. The summed E-state index contributed by atoms with van der Waals surface area (Å²) in [6.45, 7) is 6.62. The molecule has 0 N–H and O–H groups in total. The molecule has 0 rings (SSSR count). The van der Waals surface area contributed by atoms with Gasteiger partial charge in [-0.1, -0.05) is 231 Å². The molecule has 0 spiro atoms. The van der Waals surface area contributed by atoms with Crippen molar-refractivity contribution in [1.82, 2.24) is 0 Å². The molecule has 0 saturated carbocycles. The van der Waals surface area contributed by atoms with Crippen LogP contribution in [-0.2, 0) is 28.6 Å². The molecule has 0 bridgehead atoms. The van der Waals surface area contributed by atoms with Crippen LogP contribution in [0.5, 0.6) is 0 Å². The standard InChI is InChI=1S/C53H98O6/c1-4-7-10-13-16-19-22-25-27-29-31-34-37-40-43-46-52(55)58-49-50(48-57-51(54)45-42-39-36-33-30-24-21-18-15-12-9-6-3)59-53(56)47-44-41-38-35-32-28-26-23-20-17-14-11-8-5-2/h16,19,25,27,50H,4-15,17-18,20-24,26,28-49H2,1-3H3/b19-16-,27-25-/t50-/m1/s1. The van der Waals surface area contributed by atoms with Gasteiger partial charge in [0, 0.05) is 19.3 Å². The fourth-order valence-electron chi connectivity index (χ4n) is 7.53. The Labute approximate surface area is 366 Å². The highest BCUT2D eigenvalue weighted by Crippen LogP contribution is 2.16. The van der Waals surface area contributed by atoms with Crippen LogP contribution in [0.2, 0.25) is 0 Å². The van der Waals surface area contributed by atoms with Crippen LogP contribution in [0, 0.1) is 0 Å². The first-order chi connectivity index (χ1) is 29.0. The number of ether oxygens (including phenoxy) is 3. The first kappa shape index (κ1) is 56.9. The topological polar surface area (TPSA) is 78.9 Å². The van der Waals surface area contributed by atoms with E-state index in [-0.39, 0.29) is 31.1 Å². The third kappa shape index (κ3) is 46.8. The van der Waals surface area contributed by atoms with E-state index in [0.717, 1.165) is 77.0 Å². The number of carbonyl (C=O) groups is 3. The van der Waals surface area contributed by atoms with Crippen LogP contribution in [0.15, 0.2) is 24.3 Å². The van der Waals surface area contributed by atoms with Gasteiger partial charge in [-0.05, 0) is 51.4 Å². The monoisotopic (exact) mass is 831 g/mol. The Balaban J connectivity index is 4.36. The largest absolute Gasteiger partial charge is 0.462 e. The van der Waals surface area contributed by atoms with Crippen LogP contribution in [0.25, 0.3) is 0 Å². The van der Waals surface area contributed by atoms with E-state index in [2.05, 4.69) is 45.1 Å². The molecule has 0 heterocycles. The van der Waals surface area contributed by atoms with Gasteiger partial charge in [0.1, 0.15) is 13.2 Å². The first-order valence-electron chi connectivity index (χ1n) is 25.8. The highest BCUT2D eigenvalue weighted by Gasteiger charge is 2.19. The van der Waals surface area contributed by atoms with Gasteiger partial charge in [0.2, 0.25) is 0 Å². The SMILES string of the molecule is CCCCC/C=C\C/C=C\CCCCCCCC(=O)OC[C@@H](COC(=O)CCCCCCCCCCCCCC)OC(=O)CCCCCCCCCCCCCCCC. The second-order valence-electron chi connectivity index (χ2n) is 17.4. The molecule has 0 aliphatic heterocycles. The molecule has 0 fully saturated rings. The number of allylic oxidation sites excluding steroid dienone is 4. The van der Waals surface area contributed by atoms with Crippen molar-refractivity contribution in [3.8, 4) is 0 Å².